The second-order valence-electron chi connectivity index (χ2n) is 6.30. The first-order valence-corrected chi connectivity index (χ1v) is 8.91. The molecule has 0 aliphatic heterocycles. The third kappa shape index (κ3) is 4.27. The van der Waals surface area contributed by atoms with E-state index in [0.717, 1.165) is 16.5 Å². The van der Waals surface area contributed by atoms with Crippen LogP contribution in [0, 0.1) is 0 Å². The molecule has 0 radical (unpaired) electrons. The number of amides is 1. The number of fused-ring (bicyclic) bond motifs is 1. The summed E-state index contributed by atoms with van der Waals surface area (Å²) in [6.45, 7) is 1.47. The smallest absolute Gasteiger partial charge is 0.229 e. The van der Waals surface area contributed by atoms with E-state index in [-0.39, 0.29) is 5.91 Å². The predicted octanol–water partition coefficient (Wildman–Crippen LogP) is 4.46. The van der Waals surface area contributed by atoms with E-state index >= 15 is 0 Å². The molecular weight excluding hydrogens is 370 g/mol. The summed E-state index contributed by atoms with van der Waals surface area (Å²) < 4.78 is 11.4. The summed E-state index contributed by atoms with van der Waals surface area (Å²) >= 11 is 0. The standard InChI is InChI=1S/C21H19N5O3/c1-13(27)23-15-3-5-16(6-4-15)29-21-18-8-7-17(28-2)11-14(18)12-20(25-21)24-19-9-10-22-26-19/h3-12H,1-2H3,(H,23,27)(H2,22,24,25,26). The Morgan fingerprint density at radius 2 is 1.83 bits per heavy atom. The second-order valence-corrected chi connectivity index (χ2v) is 6.30. The quantitative estimate of drug-likeness (QED) is 0.450. The minimum Gasteiger partial charge on any atom is -0.497 e. The lowest BCUT2D eigenvalue weighted by Crippen LogP contribution is -2.05. The number of H-pyrrole nitrogens is 1. The molecular formula is C21H19N5O3. The van der Waals surface area contributed by atoms with Crippen LogP contribution in [0.5, 0.6) is 17.4 Å². The van der Waals surface area contributed by atoms with Crippen LogP contribution in [0.4, 0.5) is 17.3 Å². The van der Waals surface area contributed by atoms with Crippen molar-refractivity contribution >= 4 is 34.0 Å². The van der Waals surface area contributed by atoms with Gasteiger partial charge in [-0.3, -0.25) is 9.89 Å². The van der Waals surface area contributed by atoms with Gasteiger partial charge in [0.1, 0.15) is 23.1 Å². The number of anilines is 3. The Bertz CT molecular complexity index is 1140. The van der Waals surface area contributed by atoms with Gasteiger partial charge in [0, 0.05) is 24.1 Å². The van der Waals surface area contributed by atoms with Gasteiger partial charge in [-0.25, -0.2) is 0 Å². The van der Waals surface area contributed by atoms with Gasteiger partial charge in [-0.05, 0) is 53.9 Å². The Morgan fingerprint density at radius 3 is 2.52 bits per heavy atom. The Hall–Kier alpha value is -4.07. The van der Waals surface area contributed by atoms with E-state index < -0.39 is 0 Å². The molecule has 1 amide bonds. The van der Waals surface area contributed by atoms with Gasteiger partial charge >= 0.3 is 0 Å². The van der Waals surface area contributed by atoms with Gasteiger partial charge in [-0.15, -0.1) is 0 Å². The molecule has 3 N–H and O–H groups in total. The van der Waals surface area contributed by atoms with Gasteiger partial charge in [0.05, 0.1) is 13.3 Å². The normalized spacial score (nSPS) is 10.6. The van der Waals surface area contributed by atoms with Crippen molar-refractivity contribution < 1.29 is 14.3 Å². The van der Waals surface area contributed by atoms with E-state index in [9.17, 15) is 4.79 Å². The summed E-state index contributed by atoms with van der Waals surface area (Å²) in [6.07, 6.45) is 1.65. The molecule has 2 heterocycles. The zero-order valence-electron chi connectivity index (χ0n) is 15.9. The van der Waals surface area contributed by atoms with E-state index in [1.807, 2.05) is 24.3 Å². The van der Waals surface area contributed by atoms with Crippen LogP contribution >= 0.6 is 0 Å². The number of methoxy groups -OCH3 is 1. The molecule has 0 aliphatic rings. The monoisotopic (exact) mass is 389 g/mol. The van der Waals surface area contributed by atoms with E-state index in [2.05, 4.69) is 25.8 Å². The van der Waals surface area contributed by atoms with E-state index in [4.69, 9.17) is 9.47 Å². The lowest BCUT2D eigenvalue weighted by atomic mass is 10.1. The molecule has 0 unspecified atom stereocenters. The molecule has 0 saturated heterocycles. The summed E-state index contributed by atoms with van der Waals surface area (Å²) in [7, 11) is 1.63. The Kier molecular flexibility index (Phi) is 4.98. The third-order valence-electron chi connectivity index (χ3n) is 4.16. The van der Waals surface area contributed by atoms with Crippen LogP contribution < -0.4 is 20.1 Å². The maximum absolute atomic E-state index is 11.2. The number of ether oxygens (including phenoxy) is 2. The van der Waals surface area contributed by atoms with Crippen molar-refractivity contribution in [2.45, 2.75) is 6.92 Å². The fourth-order valence-corrected chi connectivity index (χ4v) is 2.86. The van der Waals surface area contributed by atoms with Crippen molar-refractivity contribution in [3.63, 3.8) is 0 Å². The molecule has 4 aromatic rings. The highest BCUT2D eigenvalue weighted by Crippen LogP contribution is 2.33. The van der Waals surface area contributed by atoms with Crippen molar-refractivity contribution in [3.05, 3.63) is 60.8 Å². The molecule has 0 fully saturated rings. The Morgan fingerprint density at radius 1 is 1.03 bits per heavy atom. The number of benzene rings is 2. The molecule has 0 spiro atoms. The summed E-state index contributed by atoms with van der Waals surface area (Å²) in [4.78, 5) is 15.8. The number of hydrogen-bond acceptors (Lipinski definition) is 6. The van der Waals surface area contributed by atoms with Gasteiger partial charge < -0.3 is 20.1 Å². The Labute approximate surface area is 166 Å². The van der Waals surface area contributed by atoms with Gasteiger partial charge in [0.2, 0.25) is 11.8 Å². The van der Waals surface area contributed by atoms with Crippen LogP contribution in [-0.4, -0.2) is 28.2 Å². The third-order valence-corrected chi connectivity index (χ3v) is 4.16. The summed E-state index contributed by atoms with van der Waals surface area (Å²) in [5, 5.41) is 14.4. The van der Waals surface area contributed by atoms with Gasteiger partial charge in [-0.1, -0.05) is 0 Å². The molecule has 29 heavy (non-hydrogen) atoms. The SMILES string of the molecule is COc1ccc2c(Oc3ccc(NC(C)=O)cc3)nc(Nc3ccn[nH]3)cc2c1. The number of carbonyl (C=O) groups excluding carboxylic acids is 1. The molecule has 2 aromatic carbocycles. The highest BCUT2D eigenvalue weighted by atomic mass is 16.5. The van der Waals surface area contributed by atoms with Crippen LogP contribution in [0.2, 0.25) is 0 Å². The molecule has 146 valence electrons. The van der Waals surface area contributed by atoms with E-state index in [1.54, 1.807) is 43.6 Å². The van der Waals surface area contributed by atoms with Crippen molar-refractivity contribution in [1.82, 2.24) is 15.2 Å². The number of hydrogen-bond donors (Lipinski definition) is 3. The van der Waals surface area contributed by atoms with Crippen molar-refractivity contribution in [3.8, 4) is 17.4 Å². The van der Waals surface area contributed by atoms with Crippen LogP contribution in [0.1, 0.15) is 6.92 Å². The molecule has 8 heteroatoms. The molecule has 2 aromatic heterocycles. The first-order chi connectivity index (χ1) is 14.1. The first kappa shape index (κ1) is 18.3. The van der Waals surface area contributed by atoms with E-state index in [0.29, 0.717) is 29.0 Å². The van der Waals surface area contributed by atoms with Crippen molar-refractivity contribution in [2.75, 3.05) is 17.7 Å². The fraction of sp³-hybridized carbons (Fsp3) is 0.0952. The average Bonchev–Trinajstić information content (AvgIpc) is 3.21. The summed E-state index contributed by atoms with van der Waals surface area (Å²) in [5.74, 6) is 2.96. The number of aromatic nitrogens is 3. The van der Waals surface area contributed by atoms with E-state index in [1.165, 1.54) is 6.92 Å². The summed E-state index contributed by atoms with van der Waals surface area (Å²) in [6, 6.07) is 16.5. The zero-order chi connectivity index (χ0) is 20.2. The number of nitrogens with one attached hydrogen (secondary N) is 3. The van der Waals surface area contributed by atoms with Gasteiger partial charge in [0.25, 0.3) is 0 Å². The molecule has 0 saturated carbocycles. The molecule has 0 atom stereocenters. The van der Waals surface area contributed by atoms with Crippen molar-refractivity contribution in [2.24, 2.45) is 0 Å². The number of carbonyl (C=O) groups is 1. The molecule has 4 rings (SSSR count). The number of rotatable bonds is 6. The van der Waals surface area contributed by atoms with Crippen LogP contribution in [-0.2, 0) is 4.79 Å². The van der Waals surface area contributed by atoms with Crippen LogP contribution in [0.15, 0.2) is 60.8 Å². The number of aromatic amines is 1. The largest absolute Gasteiger partial charge is 0.497 e. The maximum Gasteiger partial charge on any atom is 0.229 e. The highest BCUT2D eigenvalue weighted by Gasteiger charge is 2.11. The topological polar surface area (TPSA) is 101 Å². The molecule has 8 nitrogen and oxygen atoms in total. The van der Waals surface area contributed by atoms with Crippen LogP contribution in [0.25, 0.3) is 10.8 Å². The average molecular weight is 389 g/mol. The predicted molar refractivity (Wildman–Crippen MR) is 111 cm³/mol. The lowest BCUT2D eigenvalue weighted by Gasteiger charge is -2.12. The molecule has 0 aliphatic carbocycles. The van der Waals surface area contributed by atoms with Gasteiger partial charge in [0.15, 0.2) is 0 Å². The summed E-state index contributed by atoms with van der Waals surface area (Å²) in [5.41, 5.74) is 0.696. The lowest BCUT2D eigenvalue weighted by molar-refractivity contribution is -0.114. The zero-order valence-corrected chi connectivity index (χ0v) is 15.9. The highest BCUT2D eigenvalue weighted by molar-refractivity contribution is 5.91. The van der Waals surface area contributed by atoms with Gasteiger partial charge in [-0.2, -0.15) is 10.1 Å². The minimum absolute atomic E-state index is 0.127. The number of nitrogens with zero attached hydrogens (tertiary/aromatic N) is 2. The van der Waals surface area contributed by atoms with Crippen LogP contribution in [0.3, 0.4) is 0 Å². The number of pyridine rings is 1. The Balaban J connectivity index is 1.70. The minimum atomic E-state index is -0.127. The maximum atomic E-state index is 11.2. The molecule has 0 bridgehead atoms. The van der Waals surface area contributed by atoms with Crippen molar-refractivity contribution in [1.29, 1.82) is 0 Å². The second kappa shape index (κ2) is 7.89. The fourth-order valence-electron chi connectivity index (χ4n) is 2.86. The first-order valence-electron chi connectivity index (χ1n) is 8.91.